The van der Waals surface area contributed by atoms with E-state index in [0.717, 1.165) is 53.3 Å². The van der Waals surface area contributed by atoms with Crippen molar-refractivity contribution in [3.63, 3.8) is 0 Å². The van der Waals surface area contributed by atoms with E-state index >= 15 is 0 Å². The van der Waals surface area contributed by atoms with Gasteiger partial charge < -0.3 is 15.1 Å². The van der Waals surface area contributed by atoms with Crippen LogP contribution in [0.1, 0.15) is 18.4 Å². The van der Waals surface area contributed by atoms with E-state index in [1.54, 1.807) is 0 Å². The smallest absolute Gasteiger partial charge is 0.174 e. The summed E-state index contributed by atoms with van der Waals surface area (Å²) in [5.41, 5.74) is 11.8. The van der Waals surface area contributed by atoms with E-state index in [1.165, 1.54) is 11.3 Å². The quantitative estimate of drug-likeness (QED) is 0.532. The molecule has 0 spiro atoms. The second kappa shape index (κ2) is 5.88. The SMILES string of the molecule is Nc1ccc(-c2ccc(-c3nc4ccc(C5=NCCC5)cc4[nH]3)o2)cc1. The van der Waals surface area contributed by atoms with E-state index in [4.69, 9.17) is 10.2 Å². The summed E-state index contributed by atoms with van der Waals surface area (Å²) in [7, 11) is 0. The van der Waals surface area contributed by atoms with Gasteiger partial charge in [0.25, 0.3) is 0 Å². The van der Waals surface area contributed by atoms with E-state index in [2.05, 4.69) is 27.1 Å². The average Bonchev–Trinajstić information content (AvgIpc) is 3.40. The normalized spacial score (nSPS) is 14.1. The minimum absolute atomic E-state index is 0.716. The Balaban J connectivity index is 1.50. The molecule has 0 aliphatic carbocycles. The van der Waals surface area contributed by atoms with Gasteiger partial charge in [-0.2, -0.15) is 0 Å². The first-order valence-electron chi connectivity index (χ1n) is 8.76. The molecule has 4 aromatic rings. The molecule has 5 heteroatoms. The lowest BCUT2D eigenvalue weighted by atomic mass is 10.1. The molecule has 0 saturated carbocycles. The van der Waals surface area contributed by atoms with Crippen LogP contribution >= 0.6 is 0 Å². The van der Waals surface area contributed by atoms with Crippen LogP contribution in [0.5, 0.6) is 0 Å². The van der Waals surface area contributed by atoms with Gasteiger partial charge in [0, 0.05) is 23.5 Å². The number of hydrogen-bond donors (Lipinski definition) is 2. The minimum atomic E-state index is 0.716. The molecule has 0 bridgehead atoms. The van der Waals surface area contributed by atoms with Gasteiger partial charge in [-0.05, 0) is 66.9 Å². The van der Waals surface area contributed by atoms with Crippen LogP contribution in [-0.4, -0.2) is 22.2 Å². The highest BCUT2D eigenvalue weighted by atomic mass is 16.3. The highest BCUT2D eigenvalue weighted by molar-refractivity contribution is 6.03. The molecular formula is C21H18N4O. The van der Waals surface area contributed by atoms with E-state index in [9.17, 15) is 0 Å². The van der Waals surface area contributed by atoms with Gasteiger partial charge in [0.2, 0.25) is 0 Å². The fourth-order valence-corrected chi connectivity index (χ4v) is 3.35. The van der Waals surface area contributed by atoms with E-state index in [1.807, 2.05) is 42.5 Å². The van der Waals surface area contributed by atoms with Crippen molar-refractivity contribution in [1.82, 2.24) is 9.97 Å². The summed E-state index contributed by atoms with van der Waals surface area (Å²) in [6.07, 6.45) is 2.19. The van der Waals surface area contributed by atoms with Gasteiger partial charge in [-0.3, -0.25) is 4.99 Å². The molecule has 0 saturated heterocycles. The summed E-state index contributed by atoms with van der Waals surface area (Å²) in [6, 6.07) is 17.8. The second-order valence-electron chi connectivity index (χ2n) is 6.54. The number of nitrogens with two attached hydrogens (primary N) is 1. The number of rotatable bonds is 3. The Morgan fingerprint density at radius 2 is 1.73 bits per heavy atom. The summed E-state index contributed by atoms with van der Waals surface area (Å²) in [4.78, 5) is 12.6. The van der Waals surface area contributed by atoms with Crippen LogP contribution in [0.2, 0.25) is 0 Å². The van der Waals surface area contributed by atoms with Gasteiger partial charge in [-0.25, -0.2) is 4.98 Å². The van der Waals surface area contributed by atoms with Gasteiger partial charge in [0.05, 0.1) is 11.0 Å². The average molecular weight is 342 g/mol. The molecule has 26 heavy (non-hydrogen) atoms. The number of imidazole rings is 1. The maximum atomic E-state index is 6.00. The first kappa shape index (κ1) is 15.0. The number of aliphatic imine (C=N–C) groups is 1. The van der Waals surface area contributed by atoms with Crippen LogP contribution in [-0.2, 0) is 0 Å². The van der Waals surface area contributed by atoms with Crippen molar-refractivity contribution >= 4 is 22.4 Å². The number of fused-ring (bicyclic) bond motifs is 1. The van der Waals surface area contributed by atoms with E-state index < -0.39 is 0 Å². The molecule has 0 radical (unpaired) electrons. The van der Waals surface area contributed by atoms with E-state index in [0.29, 0.717) is 5.76 Å². The molecule has 5 rings (SSSR count). The standard InChI is InChI=1S/C21H18N4O/c22-15-6-3-13(4-7-15)19-9-10-20(26-19)21-24-17-8-5-14(12-18(17)25-21)16-2-1-11-23-16/h3-10,12H,1-2,11,22H2,(H,24,25). The van der Waals surface area contributed by atoms with Crippen molar-refractivity contribution in [2.24, 2.45) is 4.99 Å². The molecule has 1 aliphatic rings. The molecule has 0 amide bonds. The van der Waals surface area contributed by atoms with Crippen molar-refractivity contribution in [2.45, 2.75) is 12.8 Å². The number of aromatic nitrogens is 2. The number of benzene rings is 2. The van der Waals surface area contributed by atoms with Crippen LogP contribution in [0, 0.1) is 0 Å². The van der Waals surface area contributed by atoms with Gasteiger partial charge in [-0.1, -0.05) is 6.07 Å². The number of nitrogens with one attached hydrogen (secondary N) is 1. The zero-order valence-electron chi connectivity index (χ0n) is 14.2. The van der Waals surface area contributed by atoms with Crippen molar-refractivity contribution in [1.29, 1.82) is 0 Å². The van der Waals surface area contributed by atoms with Gasteiger partial charge in [-0.15, -0.1) is 0 Å². The van der Waals surface area contributed by atoms with Crippen molar-refractivity contribution in [3.05, 3.63) is 60.2 Å². The largest absolute Gasteiger partial charge is 0.453 e. The molecule has 1 aliphatic heterocycles. The van der Waals surface area contributed by atoms with Crippen molar-refractivity contribution in [2.75, 3.05) is 12.3 Å². The van der Waals surface area contributed by atoms with Gasteiger partial charge in [0.1, 0.15) is 5.76 Å². The monoisotopic (exact) mass is 342 g/mol. The third kappa shape index (κ3) is 2.58. The molecular weight excluding hydrogens is 324 g/mol. The highest BCUT2D eigenvalue weighted by Gasteiger charge is 2.13. The Bertz CT molecular complexity index is 1120. The van der Waals surface area contributed by atoms with Crippen LogP contribution in [0.4, 0.5) is 5.69 Å². The Hall–Kier alpha value is -3.34. The highest BCUT2D eigenvalue weighted by Crippen LogP contribution is 2.29. The lowest BCUT2D eigenvalue weighted by molar-refractivity contribution is 0.593. The number of nitrogens with zero attached hydrogens (tertiary/aromatic N) is 2. The predicted octanol–water partition coefficient (Wildman–Crippen LogP) is 4.66. The summed E-state index contributed by atoms with van der Waals surface area (Å²) in [5.74, 6) is 2.24. The zero-order valence-corrected chi connectivity index (χ0v) is 14.2. The number of furan rings is 1. The molecule has 2 aromatic heterocycles. The van der Waals surface area contributed by atoms with Crippen LogP contribution in [0.3, 0.4) is 0 Å². The molecule has 5 nitrogen and oxygen atoms in total. The number of nitrogen functional groups attached to an aromatic ring is 1. The molecule has 0 unspecified atom stereocenters. The summed E-state index contributed by atoms with van der Waals surface area (Å²) in [5, 5.41) is 0. The lowest BCUT2D eigenvalue weighted by Crippen LogP contribution is -1.95. The van der Waals surface area contributed by atoms with Crippen molar-refractivity contribution < 1.29 is 4.42 Å². The fraction of sp³-hybridized carbons (Fsp3) is 0.143. The zero-order chi connectivity index (χ0) is 17.5. The molecule has 0 atom stereocenters. The van der Waals surface area contributed by atoms with Crippen LogP contribution < -0.4 is 5.73 Å². The summed E-state index contributed by atoms with van der Waals surface area (Å²) in [6.45, 7) is 0.932. The maximum Gasteiger partial charge on any atom is 0.174 e. The lowest BCUT2D eigenvalue weighted by Gasteiger charge is -1.99. The van der Waals surface area contributed by atoms with Crippen molar-refractivity contribution in [3.8, 4) is 22.9 Å². The number of hydrogen-bond acceptors (Lipinski definition) is 4. The van der Waals surface area contributed by atoms with Crippen LogP contribution in [0.25, 0.3) is 33.9 Å². The summed E-state index contributed by atoms with van der Waals surface area (Å²) >= 11 is 0. The number of aromatic amines is 1. The first-order valence-corrected chi connectivity index (χ1v) is 8.76. The predicted molar refractivity (Wildman–Crippen MR) is 104 cm³/mol. The Kier molecular flexibility index (Phi) is 3.38. The molecule has 2 aromatic carbocycles. The van der Waals surface area contributed by atoms with Gasteiger partial charge in [0.15, 0.2) is 11.6 Å². The van der Waals surface area contributed by atoms with Gasteiger partial charge >= 0.3 is 0 Å². The number of H-pyrrole nitrogens is 1. The Morgan fingerprint density at radius 3 is 2.54 bits per heavy atom. The minimum Gasteiger partial charge on any atom is -0.453 e. The number of anilines is 1. The molecule has 3 heterocycles. The topological polar surface area (TPSA) is 80.2 Å². The third-order valence-electron chi connectivity index (χ3n) is 4.72. The maximum absolute atomic E-state index is 6.00. The van der Waals surface area contributed by atoms with Crippen LogP contribution in [0.15, 0.2) is 64.0 Å². The second-order valence-corrected chi connectivity index (χ2v) is 6.54. The first-order chi connectivity index (χ1) is 12.8. The summed E-state index contributed by atoms with van der Waals surface area (Å²) < 4.78 is 6.00. The molecule has 0 fully saturated rings. The fourth-order valence-electron chi connectivity index (χ4n) is 3.35. The molecule has 3 N–H and O–H groups in total. The Labute approximate surface area is 150 Å². The van der Waals surface area contributed by atoms with E-state index in [-0.39, 0.29) is 0 Å². The third-order valence-corrected chi connectivity index (χ3v) is 4.72. The Morgan fingerprint density at radius 1 is 0.923 bits per heavy atom. The molecule has 128 valence electrons.